The maximum atomic E-state index is 14.2. The van der Waals surface area contributed by atoms with Gasteiger partial charge in [0.1, 0.15) is 0 Å². The molecule has 2 fully saturated rings. The molecular formula is C26H30FN7O. The second-order valence-electron chi connectivity index (χ2n) is 9.56. The van der Waals surface area contributed by atoms with Gasteiger partial charge in [0.05, 0.1) is 36.9 Å². The van der Waals surface area contributed by atoms with Crippen LogP contribution in [0.4, 0.5) is 10.1 Å². The van der Waals surface area contributed by atoms with Gasteiger partial charge >= 0.3 is 0 Å². The van der Waals surface area contributed by atoms with Gasteiger partial charge in [0.25, 0.3) is 0 Å². The number of hydrogen-bond acceptors (Lipinski definition) is 7. The molecule has 2 aliphatic rings. The fraction of sp³-hybridized carbons (Fsp3) is 0.423. The molecule has 1 aromatic carbocycles. The summed E-state index contributed by atoms with van der Waals surface area (Å²) >= 11 is 0. The predicted octanol–water partition coefficient (Wildman–Crippen LogP) is 3.31. The van der Waals surface area contributed by atoms with Crippen LogP contribution < -0.4 is 9.64 Å². The smallest absolute Gasteiger partial charge is 0.167 e. The summed E-state index contributed by atoms with van der Waals surface area (Å²) in [5, 5.41) is 5.41. The minimum atomic E-state index is -0.427. The lowest BCUT2D eigenvalue weighted by molar-refractivity contribution is 0.0982. The number of pyridine rings is 1. The second-order valence-corrected chi connectivity index (χ2v) is 9.56. The van der Waals surface area contributed by atoms with E-state index in [1.54, 1.807) is 12.3 Å². The van der Waals surface area contributed by atoms with Crippen LogP contribution in [0.5, 0.6) is 5.75 Å². The van der Waals surface area contributed by atoms with E-state index in [4.69, 9.17) is 9.72 Å². The number of likely N-dealkylation sites (N-methyl/N-ethyl adjacent to an activating group) is 1. The Morgan fingerprint density at radius 3 is 2.54 bits per heavy atom. The Labute approximate surface area is 203 Å². The van der Waals surface area contributed by atoms with Crippen molar-refractivity contribution in [1.29, 1.82) is 0 Å². The molecule has 0 bridgehead atoms. The lowest BCUT2D eigenvalue weighted by Gasteiger charge is -2.42. The van der Waals surface area contributed by atoms with Crippen molar-refractivity contribution in [3.63, 3.8) is 0 Å². The second kappa shape index (κ2) is 9.05. The van der Waals surface area contributed by atoms with Gasteiger partial charge in [-0.05, 0) is 37.6 Å². The molecule has 2 saturated heterocycles. The highest BCUT2D eigenvalue weighted by Crippen LogP contribution is 2.34. The van der Waals surface area contributed by atoms with Gasteiger partial charge in [0, 0.05) is 68.5 Å². The van der Waals surface area contributed by atoms with Gasteiger partial charge in [0.2, 0.25) is 0 Å². The van der Waals surface area contributed by atoms with E-state index >= 15 is 0 Å². The van der Waals surface area contributed by atoms with E-state index in [0.29, 0.717) is 11.6 Å². The number of methoxy groups -OCH3 is 1. The van der Waals surface area contributed by atoms with E-state index < -0.39 is 5.82 Å². The molecule has 9 heteroatoms. The van der Waals surface area contributed by atoms with Crippen LogP contribution in [0.25, 0.3) is 27.7 Å². The van der Waals surface area contributed by atoms with E-state index in [1.807, 2.05) is 23.0 Å². The molecule has 182 valence electrons. The van der Waals surface area contributed by atoms with Crippen LogP contribution in [0.3, 0.4) is 0 Å². The number of aromatic nitrogens is 4. The number of piperazine rings is 1. The number of ether oxygens (including phenoxy) is 1. The average Bonchev–Trinajstić information content (AvgIpc) is 3.31. The Bertz CT molecular complexity index is 1360. The minimum absolute atomic E-state index is 0.193. The first-order valence-electron chi connectivity index (χ1n) is 12.2. The van der Waals surface area contributed by atoms with E-state index in [2.05, 4.69) is 38.0 Å². The quantitative estimate of drug-likeness (QED) is 0.449. The van der Waals surface area contributed by atoms with E-state index in [0.717, 1.165) is 54.0 Å². The first-order chi connectivity index (χ1) is 17.1. The molecule has 3 aromatic heterocycles. The molecule has 35 heavy (non-hydrogen) atoms. The van der Waals surface area contributed by atoms with Crippen LogP contribution >= 0.6 is 0 Å². The first kappa shape index (κ1) is 22.2. The van der Waals surface area contributed by atoms with Crippen molar-refractivity contribution >= 4 is 22.2 Å². The highest BCUT2D eigenvalue weighted by atomic mass is 19.1. The van der Waals surface area contributed by atoms with E-state index in [9.17, 15) is 4.39 Å². The van der Waals surface area contributed by atoms with E-state index in [-0.39, 0.29) is 5.75 Å². The summed E-state index contributed by atoms with van der Waals surface area (Å²) in [6.07, 6.45) is 9.86. The predicted molar refractivity (Wildman–Crippen MR) is 135 cm³/mol. The molecule has 0 spiro atoms. The molecule has 8 nitrogen and oxygen atoms in total. The maximum Gasteiger partial charge on any atom is 0.167 e. The molecular weight excluding hydrogens is 445 g/mol. The number of anilines is 1. The standard InChI is InChI=1S/C26H30FN7O/c1-31-9-11-33(12-10-31)18-4-7-32(8-5-18)19-15-29-26-22(16-30-34(26)17-19)20-3-6-28-24-14-23(27)25(35-2)13-21(20)24/h3,6,13-18H,4-5,7-12H2,1-2H3. The van der Waals surface area contributed by atoms with Crippen molar-refractivity contribution in [1.82, 2.24) is 29.4 Å². The number of nitrogens with zero attached hydrogens (tertiary/aromatic N) is 7. The van der Waals surface area contributed by atoms with Crippen molar-refractivity contribution in [3.05, 3.63) is 48.8 Å². The lowest BCUT2D eigenvalue weighted by atomic mass is 10.0. The summed E-state index contributed by atoms with van der Waals surface area (Å²) < 4.78 is 21.2. The van der Waals surface area contributed by atoms with Crippen molar-refractivity contribution in [2.75, 3.05) is 58.3 Å². The van der Waals surface area contributed by atoms with Crippen LogP contribution in [0, 0.1) is 5.82 Å². The Morgan fingerprint density at radius 2 is 1.77 bits per heavy atom. The molecule has 0 amide bonds. The molecule has 0 radical (unpaired) electrons. The van der Waals surface area contributed by atoms with Gasteiger partial charge < -0.3 is 14.5 Å². The normalized spacial score (nSPS) is 18.5. The van der Waals surface area contributed by atoms with Gasteiger partial charge in [-0.3, -0.25) is 9.88 Å². The van der Waals surface area contributed by atoms with Crippen molar-refractivity contribution in [2.24, 2.45) is 0 Å². The minimum Gasteiger partial charge on any atom is -0.494 e. The van der Waals surface area contributed by atoms with Crippen LogP contribution in [0.15, 0.2) is 43.0 Å². The molecule has 0 N–H and O–H groups in total. The van der Waals surface area contributed by atoms with Gasteiger partial charge in [-0.25, -0.2) is 13.9 Å². The number of rotatable bonds is 4. The zero-order valence-corrected chi connectivity index (χ0v) is 20.2. The lowest BCUT2D eigenvalue weighted by Crippen LogP contribution is -2.52. The maximum absolute atomic E-state index is 14.2. The van der Waals surface area contributed by atoms with Crippen LogP contribution in [-0.4, -0.2) is 88.8 Å². The topological polar surface area (TPSA) is 62.0 Å². The summed E-state index contributed by atoms with van der Waals surface area (Å²) in [6, 6.07) is 5.68. The number of halogens is 1. The summed E-state index contributed by atoms with van der Waals surface area (Å²) in [6.45, 7) is 6.73. The first-order valence-corrected chi connectivity index (χ1v) is 12.2. The number of hydrogen-bond donors (Lipinski definition) is 0. The monoisotopic (exact) mass is 475 g/mol. The summed E-state index contributed by atoms with van der Waals surface area (Å²) in [4.78, 5) is 16.6. The van der Waals surface area contributed by atoms with Crippen molar-refractivity contribution < 1.29 is 9.13 Å². The molecule has 0 atom stereocenters. The molecule has 2 aliphatic heterocycles. The zero-order chi connectivity index (χ0) is 23.9. The fourth-order valence-corrected chi connectivity index (χ4v) is 5.43. The molecule has 5 heterocycles. The summed E-state index contributed by atoms with van der Waals surface area (Å²) in [5.41, 5.74) is 4.20. The van der Waals surface area contributed by atoms with Gasteiger partial charge in [0.15, 0.2) is 17.2 Å². The SMILES string of the molecule is COc1cc2c(-c3cnn4cc(N5CCC(N6CCN(C)CC6)CC5)cnc34)ccnc2cc1F. The van der Waals surface area contributed by atoms with E-state index in [1.165, 1.54) is 39.1 Å². The Kier molecular flexibility index (Phi) is 5.74. The third-order valence-corrected chi connectivity index (χ3v) is 7.53. The van der Waals surface area contributed by atoms with Gasteiger partial charge in [-0.15, -0.1) is 0 Å². The van der Waals surface area contributed by atoms with Crippen molar-refractivity contribution in [3.8, 4) is 16.9 Å². The number of piperidine rings is 1. The summed E-state index contributed by atoms with van der Waals surface area (Å²) in [5.74, 6) is -0.234. The summed E-state index contributed by atoms with van der Waals surface area (Å²) in [7, 11) is 3.67. The van der Waals surface area contributed by atoms with Crippen LogP contribution in [-0.2, 0) is 0 Å². The van der Waals surface area contributed by atoms with Crippen LogP contribution in [0.1, 0.15) is 12.8 Å². The Balaban J connectivity index is 1.24. The zero-order valence-electron chi connectivity index (χ0n) is 20.2. The molecule has 0 saturated carbocycles. The van der Waals surface area contributed by atoms with Crippen LogP contribution in [0.2, 0.25) is 0 Å². The largest absolute Gasteiger partial charge is 0.494 e. The third kappa shape index (κ3) is 4.08. The highest BCUT2D eigenvalue weighted by molar-refractivity contribution is 5.98. The molecule has 4 aromatic rings. The molecule has 0 unspecified atom stereocenters. The van der Waals surface area contributed by atoms with Gasteiger partial charge in [-0.2, -0.15) is 5.10 Å². The number of fused-ring (bicyclic) bond motifs is 2. The average molecular weight is 476 g/mol. The van der Waals surface area contributed by atoms with Crippen molar-refractivity contribution in [2.45, 2.75) is 18.9 Å². The molecule has 6 rings (SSSR count). The Hall–Kier alpha value is -3.30. The van der Waals surface area contributed by atoms with Gasteiger partial charge in [-0.1, -0.05) is 0 Å². The number of benzene rings is 1. The molecule has 0 aliphatic carbocycles. The third-order valence-electron chi connectivity index (χ3n) is 7.53. The highest BCUT2D eigenvalue weighted by Gasteiger charge is 2.27. The fourth-order valence-electron chi connectivity index (χ4n) is 5.43. The Morgan fingerprint density at radius 1 is 0.971 bits per heavy atom.